The van der Waals surface area contributed by atoms with Crippen molar-refractivity contribution < 1.29 is 0 Å². The Morgan fingerprint density at radius 2 is 1.16 bits per heavy atom. The molecule has 3 atom stereocenters. The van der Waals surface area contributed by atoms with Gasteiger partial charge in [-0.25, -0.2) is 0 Å². The van der Waals surface area contributed by atoms with E-state index in [0.717, 1.165) is 28.3 Å². The van der Waals surface area contributed by atoms with E-state index in [1.165, 1.54) is 0 Å². The van der Waals surface area contributed by atoms with Gasteiger partial charge < -0.3 is 10.2 Å². The lowest BCUT2D eigenvalue weighted by atomic mass is 9.78. The summed E-state index contributed by atoms with van der Waals surface area (Å²) >= 11 is 24.9. The van der Waals surface area contributed by atoms with Gasteiger partial charge in [-0.2, -0.15) is 0 Å². The summed E-state index contributed by atoms with van der Waals surface area (Å²) in [4.78, 5) is 7.80. The molecule has 37 heavy (non-hydrogen) atoms. The van der Waals surface area contributed by atoms with Gasteiger partial charge in [-0.1, -0.05) is 58.5 Å². The first-order valence-electron chi connectivity index (χ1n) is 12.0. The zero-order valence-corrected chi connectivity index (χ0v) is 23.3. The Kier molecular flexibility index (Phi) is 7.42. The minimum absolute atomic E-state index is 0.0738. The summed E-state index contributed by atoms with van der Waals surface area (Å²) in [6, 6.07) is 31.2. The third-order valence-corrected chi connectivity index (χ3v) is 7.95. The lowest BCUT2D eigenvalue weighted by molar-refractivity contribution is 0.355. The van der Waals surface area contributed by atoms with Gasteiger partial charge in [-0.05, 0) is 104 Å². The van der Waals surface area contributed by atoms with Crippen molar-refractivity contribution in [1.29, 1.82) is 0 Å². The third kappa shape index (κ3) is 5.06. The molecular formula is C30H25Cl4N3. The minimum Gasteiger partial charge on any atom is -0.380 e. The number of nitrogens with one attached hydrogen (secondary N) is 1. The summed E-state index contributed by atoms with van der Waals surface area (Å²) in [6.45, 7) is 4.36. The average Bonchev–Trinajstić information content (AvgIpc) is 3.20. The van der Waals surface area contributed by atoms with Crippen molar-refractivity contribution in [2.75, 3.05) is 10.2 Å². The first-order valence-corrected chi connectivity index (χ1v) is 13.5. The van der Waals surface area contributed by atoms with Gasteiger partial charge in [0.1, 0.15) is 11.4 Å². The number of nitrogens with zero attached hydrogens (tertiary/aromatic N) is 2. The van der Waals surface area contributed by atoms with Gasteiger partial charge in [-0.15, -0.1) is 0 Å². The second kappa shape index (κ2) is 10.6. The third-order valence-electron chi connectivity index (χ3n) is 6.94. The Bertz CT molecular complexity index is 1400. The van der Waals surface area contributed by atoms with Gasteiger partial charge in [0.15, 0.2) is 0 Å². The van der Waals surface area contributed by atoms with Crippen molar-refractivity contribution in [3.8, 4) is 0 Å². The number of rotatable bonds is 6. The van der Waals surface area contributed by atoms with E-state index in [1.807, 2.05) is 84.9 Å². The van der Waals surface area contributed by atoms with Crippen molar-refractivity contribution in [2.45, 2.75) is 31.5 Å². The van der Waals surface area contributed by atoms with Gasteiger partial charge in [0.05, 0.1) is 12.1 Å². The monoisotopic (exact) mass is 567 g/mol. The quantitative estimate of drug-likeness (QED) is 0.251. The normalized spacial score (nSPS) is 20.0. The number of hydrogen-bond donors (Lipinski definition) is 1. The maximum absolute atomic E-state index is 6.30. The Balaban J connectivity index is 1.70. The molecule has 4 aromatic carbocycles. The van der Waals surface area contributed by atoms with E-state index in [9.17, 15) is 0 Å². The molecule has 5 rings (SSSR count). The fraction of sp³-hybridized carbons (Fsp3) is 0.167. The van der Waals surface area contributed by atoms with E-state index < -0.39 is 5.54 Å². The highest BCUT2D eigenvalue weighted by molar-refractivity contribution is 6.31. The molecule has 7 heteroatoms. The fourth-order valence-electron chi connectivity index (χ4n) is 5.09. The van der Waals surface area contributed by atoms with Crippen LogP contribution in [0.1, 0.15) is 25.0 Å². The first-order chi connectivity index (χ1) is 17.8. The molecule has 3 nitrogen and oxygen atoms in total. The molecule has 1 heterocycles. The SMILES string of the molecule is CC(Nc1ccc(Cl)cc1)C1(c2ccc(Cl)cc2)N=C(c2ccc(Cl)cc2)N(c2ccc(Cl)cc2)C1C. The maximum Gasteiger partial charge on any atom is 0.136 e. The molecule has 4 aromatic rings. The molecule has 0 fully saturated rings. The molecule has 3 unspecified atom stereocenters. The summed E-state index contributed by atoms with van der Waals surface area (Å²) in [5, 5.41) is 6.42. The summed E-state index contributed by atoms with van der Waals surface area (Å²) < 4.78 is 0. The lowest BCUT2D eigenvalue weighted by Gasteiger charge is -2.40. The van der Waals surface area contributed by atoms with E-state index in [1.54, 1.807) is 0 Å². The van der Waals surface area contributed by atoms with Crippen LogP contribution in [0, 0.1) is 0 Å². The van der Waals surface area contributed by atoms with Crippen LogP contribution in [0.4, 0.5) is 11.4 Å². The molecule has 0 radical (unpaired) electrons. The predicted molar refractivity (Wildman–Crippen MR) is 159 cm³/mol. The first kappa shape index (κ1) is 25.9. The van der Waals surface area contributed by atoms with Crippen LogP contribution in [0.5, 0.6) is 0 Å². The zero-order chi connectivity index (χ0) is 26.2. The molecule has 0 spiro atoms. The number of anilines is 2. The zero-order valence-electron chi connectivity index (χ0n) is 20.3. The van der Waals surface area contributed by atoms with Crippen LogP contribution < -0.4 is 10.2 Å². The number of amidine groups is 1. The van der Waals surface area contributed by atoms with Crippen molar-refractivity contribution in [3.63, 3.8) is 0 Å². The molecule has 1 N–H and O–H groups in total. The molecule has 0 amide bonds. The van der Waals surface area contributed by atoms with E-state index in [2.05, 4.69) is 36.2 Å². The Morgan fingerprint density at radius 3 is 1.70 bits per heavy atom. The topological polar surface area (TPSA) is 27.6 Å². The van der Waals surface area contributed by atoms with Crippen LogP contribution >= 0.6 is 46.4 Å². The summed E-state index contributed by atoms with van der Waals surface area (Å²) in [7, 11) is 0. The Labute approximate surface area is 237 Å². The largest absolute Gasteiger partial charge is 0.380 e. The number of hydrogen-bond acceptors (Lipinski definition) is 3. The molecule has 0 saturated carbocycles. The summed E-state index contributed by atoms with van der Waals surface area (Å²) in [5.41, 5.74) is 3.33. The molecule has 1 aliphatic heterocycles. The van der Waals surface area contributed by atoms with Gasteiger partial charge in [0.25, 0.3) is 0 Å². The predicted octanol–water partition coefficient (Wildman–Crippen LogP) is 9.35. The highest BCUT2D eigenvalue weighted by Crippen LogP contribution is 2.45. The maximum atomic E-state index is 6.30. The van der Waals surface area contributed by atoms with Crippen molar-refractivity contribution in [3.05, 3.63) is 128 Å². The molecule has 1 aliphatic rings. The second-order valence-electron chi connectivity index (χ2n) is 9.17. The highest BCUT2D eigenvalue weighted by Gasteiger charge is 2.52. The second-order valence-corrected chi connectivity index (χ2v) is 10.9. The van der Waals surface area contributed by atoms with Crippen LogP contribution in [0.15, 0.2) is 102 Å². The van der Waals surface area contributed by atoms with Crippen molar-refractivity contribution in [1.82, 2.24) is 0 Å². The van der Waals surface area contributed by atoms with Crippen LogP contribution in [-0.4, -0.2) is 17.9 Å². The molecule has 0 aliphatic carbocycles. The minimum atomic E-state index is -0.668. The van der Waals surface area contributed by atoms with Gasteiger partial charge in [-0.3, -0.25) is 4.99 Å². The standard InChI is InChI=1S/C30H25Cl4N3/c1-19(35-27-15-11-25(33)12-16-27)30(22-5-9-24(32)10-6-22)20(2)37(28-17-13-26(34)14-18-28)29(36-30)21-3-7-23(31)8-4-21/h3-20,35H,1-2H3. The lowest BCUT2D eigenvalue weighted by Crippen LogP contribution is -2.52. The van der Waals surface area contributed by atoms with E-state index in [0.29, 0.717) is 20.1 Å². The highest BCUT2D eigenvalue weighted by atomic mass is 35.5. The number of aliphatic imine (C=N–C) groups is 1. The smallest absolute Gasteiger partial charge is 0.136 e. The van der Waals surface area contributed by atoms with Crippen LogP contribution in [0.3, 0.4) is 0 Å². The van der Waals surface area contributed by atoms with Gasteiger partial charge >= 0.3 is 0 Å². The van der Waals surface area contributed by atoms with Gasteiger partial charge in [0.2, 0.25) is 0 Å². The molecule has 0 aromatic heterocycles. The summed E-state index contributed by atoms with van der Waals surface area (Å²) in [6.07, 6.45) is 0. The van der Waals surface area contributed by atoms with E-state index in [-0.39, 0.29) is 12.1 Å². The van der Waals surface area contributed by atoms with Crippen molar-refractivity contribution >= 4 is 63.6 Å². The number of halogens is 4. The molecule has 0 saturated heterocycles. The van der Waals surface area contributed by atoms with Crippen LogP contribution in [0.25, 0.3) is 0 Å². The van der Waals surface area contributed by atoms with Crippen LogP contribution in [-0.2, 0) is 5.54 Å². The molecule has 0 bridgehead atoms. The Hall–Kier alpha value is -2.69. The molecular weight excluding hydrogens is 544 g/mol. The average molecular weight is 569 g/mol. The summed E-state index contributed by atoms with van der Waals surface area (Å²) in [5.74, 6) is 0.853. The fourth-order valence-corrected chi connectivity index (χ4v) is 5.59. The number of benzene rings is 4. The Morgan fingerprint density at radius 1 is 0.703 bits per heavy atom. The van der Waals surface area contributed by atoms with Crippen LogP contribution in [0.2, 0.25) is 20.1 Å². The molecule has 188 valence electrons. The van der Waals surface area contributed by atoms with Crippen molar-refractivity contribution in [2.24, 2.45) is 4.99 Å². The van der Waals surface area contributed by atoms with Gasteiger partial charge in [0, 0.05) is 37.0 Å². The van der Waals surface area contributed by atoms with E-state index >= 15 is 0 Å². The van der Waals surface area contributed by atoms with E-state index in [4.69, 9.17) is 51.4 Å².